The first-order valence-electron chi connectivity index (χ1n) is 13.5. The zero-order chi connectivity index (χ0) is 27.0. The van der Waals surface area contributed by atoms with E-state index in [4.69, 9.17) is 23.4 Å². The Kier molecular flexibility index (Phi) is 9.43. The molecule has 0 radical (unpaired) electrons. The van der Waals surface area contributed by atoms with Gasteiger partial charge in [0.2, 0.25) is 0 Å². The van der Waals surface area contributed by atoms with Crippen molar-refractivity contribution in [3.63, 3.8) is 0 Å². The van der Waals surface area contributed by atoms with E-state index in [1.54, 1.807) is 13.2 Å². The number of oxazole rings is 1. The van der Waals surface area contributed by atoms with Gasteiger partial charge in [-0.15, -0.1) is 0 Å². The Morgan fingerprint density at radius 1 is 1.05 bits per heavy atom. The highest BCUT2D eigenvalue weighted by molar-refractivity contribution is 6.08. The average molecular weight is 544 g/mol. The number of carbonyl (C=O) groups excluding carboxylic acids is 2. The van der Waals surface area contributed by atoms with Crippen molar-refractivity contribution < 1.29 is 33.0 Å². The highest BCUT2D eigenvalue weighted by atomic mass is 16.5. The van der Waals surface area contributed by atoms with Crippen LogP contribution in [0.1, 0.15) is 39.3 Å². The molecular weight excluding hydrogens is 506 g/mol. The van der Waals surface area contributed by atoms with Crippen molar-refractivity contribution in [2.24, 2.45) is 0 Å². The number of carbonyl (C=O) groups is 2. The molecule has 3 saturated heterocycles. The first kappa shape index (κ1) is 27.5. The number of hydrogen-bond donors (Lipinski definition) is 2. The Labute approximate surface area is 227 Å². The number of amides is 2. The van der Waals surface area contributed by atoms with E-state index in [0.717, 1.165) is 31.5 Å². The molecule has 2 amide bonds. The smallest absolute Gasteiger partial charge is 0.298 e. The molecule has 12 nitrogen and oxygen atoms in total. The molecule has 39 heavy (non-hydrogen) atoms. The molecule has 0 bridgehead atoms. The van der Waals surface area contributed by atoms with Gasteiger partial charge in [0.15, 0.2) is 5.69 Å². The van der Waals surface area contributed by atoms with Crippen LogP contribution in [0.15, 0.2) is 28.9 Å². The van der Waals surface area contributed by atoms with Gasteiger partial charge in [0.1, 0.15) is 6.26 Å². The lowest BCUT2D eigenvalue weighted by Gasteiger charge is -2.32. The van der Waals surface area contributed by atoms with Crippen LogP contribution in [0.2, 0.25) is 0 Å². The lowest BCUT2D eigenvalue weighted by molar-refractivity contribution is -0.0631. The Morgan fingerprint density at radius 3 is 2.64 bits per heavy atom. The number of nitrogens with one attached hydrogen (secondary N) is 2. The number of nitrogens with zero attached hydrogens (tertiary/aromatic N) is 3. The third kappa shape index (κ3) is 7.34. The van der Waals surface area contributed by atoms with Crippen molar-refractivity contribution in [2.75, 3.05) is 83.1 Å². The van der Waals surface area contributed by atoms with Gasteiger partial charge in [0, 0.05) is 59.1 Å². The van der Waals surface area contributed by atoms with Gasteiger partial charge < -0.3 is 38.9 Å². The number of rotatable bonds is 9. The largest absolute Gasteiger partial charge is 0.431 e. The van der Waals surface area contributed by atoms with Crippen LogP contribution in [-0.4, -0.2) is 107 Å². The monoisotopic (exact) mass is 543 g/mol. The van der Waals surface area contributed by atoms with E-state index in [0.29, 0.717) is 76.5 Å². The first-order valence-corrected chi connectivity index (χ1v) is 13.5. The third-order valence-electron chi connectivity index (χ3n) is 7.12. The summed E-state index contributed by atoms with van der Waals surface area (Å²) in [5.74, 6) is -0.672. The molecule has 0 aliphatic carbocycles. The van der Waals surface area contributed by atoms with Gasteiger partial charge in [-0.1, -0.05) is 6.07 Å². The summed E-state index contributed by atoms with van der Waals surface area (Å²) in [4.78, 5) is 35.1. The van der Waals surface area contributed by atoms with Gasteiger partial charge in [-0.3, -0.25) is 14.5 Å². The van der Waals surface area contributed by atoms with Crippen LogP contribution in [0.4, 0.5) is 11.7 Å². The minimum Gasteiger partial charge on any atom is -0.431 e. The zero-order valence-electron chi connectivity index (χ0n) is 22.4. The summed E-state index contributed by atoms with van der Waals surface area (Å²) in [5, 5.41) is 5.99. The molecular formula is C27H37N5O7. The molecule has 5 rings (SSSR count). The number of methoxy groups -OCH3 is 1. The lowest BCUT2D eigenvalue weighted by atomic mass is 10.0. The van der Waals surface area contributed by atoms with Crippen LogP contribution in [-0.2, 0) is 25.5 Å². The van der Waals surface area contributed by atoms with Crippen molar-refractivity contribution in [1.29, 1.82) is 0 Å². The van der Waals surface area contributed by atoms with Gasteiger partial charge in [-0.2, -0.15) is 4.98 Å². The van der Waals surface area contributed by atoms with Gasteiger partial charge >= 0.3 is 0 Å². The van der Waals surface area contributed by atoms with Crippen molar-refractivity contribution in [2.45, 2.75) is 31.5 Å². The molecule has 0 saturated carbocycles. The normalized spacial score (nSPS) is 21.1. The predicted octanol–water partition coefficient (Wildman–Crippen LogP) is 1.52. The molecule has 0 unspecified atom stereocenters. The van der Waals surface area contributed by atoms with E-state index in [9.17, 15) is 9.59 Å². The highest BCUT2D eigenvalue weighted by Crippen LogP contribution is 2.23. The quantitative estimate of drug-likeness (QED) is 0.481. The maximum absolute atomic E-state index is 13.4. The topological polar surface area (TPSA) is 128 Å². The summed E-state index contributed by atoms with van der Waals surface area (Å²) in [6.45, 7) is 7.05. The molecule has 12 heteroatoms. The maximum Gasteiger partial charge on any atom is 0.298 e. The summed E-state index contributed by atoms with van der Waals surface area (Å²) < 4.78 is 27.4. The van der Waals surface area contributed by atoms with E-state index < -0.39 is 5.91 Å². The second kappa shape index (κ2) is 13.4. The molecule has 212 valence electrons. The zero-order valence-corrected chi connectivity index (χ0v) is 22.4. The molecule has 0 spiro atoms. The molecule has 1 aromatic carbocycles. The minimum absolute atomic E-state index is 0.0171. The molecule has 2 aromatic rings. The Hall–Kier alpha value is -3.03. The number of anilines is 2. The van der Waals surface area contributed by atoms with E-state index in [1.165, 1.54) is 6.26 Å². The molecule has 3 aliphatic heterocycles. The Bertz CT molecular complexity index is 1110. The fraction of sp³-hybridized carbons (Fsp3) is 0.593. The second-order valence-corrected chi connectivity index (χ2v) is 9.99. The maximum atomic E-state index is 13.4. The summed E-state index contributed by atoms with van der Waals surface area (Å²) in [6.07, 6.45) is 2.87. The van der Waals surface area contributed by atoms with Crippen LogP contribution in [0.25, 0.3) is 0 Å². The lowest BCUT2D eigenvalue weighted by Crippen LogP contribution is -2.43. The second-order valence-electron chi connectivity index (χ2n) is 9.99. The first-order chi connectivity index (χ1) is 19.1. The summed E-state index contributed by atoms with van der Waals surface area (Å²) >= 11 is 0. The fourth-order valence-corrected chi connectivity index (χ4v) is 5.02. The number of morpholine rings is 2. The van der Waals surface area contributed by atoms with Gasteiger partial charge in [0.25, 0.3) is 17.8 Å². The minimum atomic E-state index is -0.443. The van der Waals surface area contributed by atoms with E-state index in [1.807, 2.05) is 17.0 Å². The van der Waals surface area contributed by atoms with Gasteiger partial charge in [-0.25, -0.2) is 0 Å². The van der Waals surface area contributed by atoms with Crippen LogP contribution >= 0.6 is 0 Å². The molecule has 1 aromatic heterocycles. The molecule has 2 N–H and O–H groups in total. The predicted molar refractivity (Wildman–Crippen MR) is 142 cm³/mol. The average Bonchev–Trinajstić information content (AvgIpc) is 3.46. The highest BCUT2D eigenvalue weighted by Gasteiger charge is 2.24. The van der Waals surface area contributed by atoms with E-state index in [2.05, 4.69) is 20.5 Å². The summed E-state index contributed by atoms with van der Waals surface area (Å²) in [7, 11) is 1.67. The molecule has 1 atom stereocenters. The number of hydrogen-bond acceptors (Lipinski definition) is 10. The SMILES string of the molecule is COC[C@@H]1CN(Cc2ccc(NC(=O)c3coc(N4CCOCC4)n3)c(C(=O)NC3CCOCC3)c2)CCO1. The standard InChI is InChI=1S/C27H37N5O7/c1-35-17-21-16-31(6-13-38-21)15-19-2-3-23(22(14-19)25(33)28-20-4-9-36-10-5-20)29-26(34)24-18-39-27(30-24)32-7-11-37-12-8-32/h2-3,14,18,20-21H,4-13,15-17H2,1H3,(H,28,33)(H,29,34)/t21-/m0/s1. The number of ether oxygens (including phenoxy) is 4. The molecule has 3 aliphatic rings. The van der Waals surface area contributed by atoms with Crippen molar-refractivity contribution in [1.82, 2.24) is 15.2 Å². The molecule has 4 heterocycles. The van der Waals surface area contributed by atoms with Crippen molar-refractivity contribution in [3.05, 3.63) is 41.3 Å². The van der Waals surface area contributed by atoms with Crippen molar-refractivity contribution >= 4 is 23.5 Å². The molecule has 3 fully saturated rings. The van der Waals surface area contributed by atoms with Crippen molar-refractivity contribution in [3.8, 4) is 0 Å². The fourth-order valence-electron chi connectivity index (χ4n) is 5.02. The Balaban J connectivity index is 1.31. The van der Waals surface area contributed by atoms with E-state index >= 15 is 0 Å². The van der Waals surface area contributed by atoms with E-state index in [-0.39, 0.29) is 23.7 Å². The summed E-state index contributed by atoms with van der Waals surface area (Å²) in [5.41, 5.74) is 1.95. The number of aromatic nitrogens is 1. The number of benzene rings is 1. The van der Waals surface area contributed by atoms with Crippen LogP contribution in [0.5, 0.6) is 0 Å². The summed E-state index contributed by atoms with van der Waals surface area (Å²) in [6, 6.07) is 5.98. The van der Waals surface area contributed by atoms with Gasteiger partial charge in [-0.05, 0) is 30.5 Å². The van der Waals surface area contributed by atoms with Crippen LogP contribution in [0, 0.1) is 0 Å². The van der Waals surface area contributed by atoms with Crippen LogP contribution < -0.4 is 15.5 Å². The van der Waals surface area contributed by atoms with Crippen LogP contribution in [0.3, 0.4) is 0 Å². The third-order valence-corrected chi connectivity index (χ3v) is 7.12. The Morgan fingerprint density at radius 2 is 1.85 bits per heavy atom. The van der Waals surface area contributed by atoms with Gasteiger partial charge in [0.05, 0.1) is 43.8 Å².